The van der Waals surface area contributed by atoms with Gasteiger partial charge in [0, 0.05) is 34.9 Å². The van der Waals surface area contributed by atoms with Crippen LogP contribution >= 0.6 is 0 Å². The van der Waals surface area contributed by atoms with Crippen LogP contribution in [0.25, 0.3) is 33.1 Å². The lowest BCUT2D eigenvalue weighted by molar-refractivity contribution is 0.287. The molecule has 0 amide bonds. The van der Waals surface area contributed by atoms with E-state index >= 15 is 0 Å². The van der Waals surface area contributed by atoms with E-state index in [1.807, 2.05) is 42.6 Å². The summed E-state index contributed by atoms with van der Waals surface area (Å²) in [5.41, 5.74) is 12.3. The molecule has 0 unspecified atom stereocenters. The first-order valence-electron chi connectivity index (χ1n) is 9.46. The molecule has 0 saturated heterocycles. The minimum absolute atomic E-state index is 0.121. The first kappa shape index (κ1) is 17.4. The molecule has 7 heteroatoms. The van der Waals surface area contributed by atoms with Crippen LogP contribution in [0.3, 0.4) is 0 Å². The summed E-state index contributed by atoms with van der Waals surface area (Å²) in [4.78, 5) is 7.59. The van der Waals surface area contributed by atoms with Crippen molar-refractivity contribution in [3.8, 4) is 16.9 Å². The molecule has 0 bridgehead atoms. The summed E-state index contributed by atoms with van der Waals surface area (Å²) in [7, 11) is 0. The molecule has 0 spiro atoms. The van der Waals surface area contributed by atoms with Gasteiger partial charge in [-0.1, -0.05) is 29.5 Å². The number of fused-ring (bicyclic) bond motifs is 2. The molecule has 3 heterocycles. The zero-order valence-electron chi connectivity index (χ0n) is 15.7. The van der Waals surface area contributed by atoms with Crippen molar-refractivity contribution >= 4 is 21.9 Å². The molecule has 0 aliphatic heterocycles. The number of nitrogens with two attached hydrogens (primary N) is 1. The van der Waals surface area contributed by atoms with Gasteiger partial charge < -0.3 is 15.5 Å². The Balaban J connectivity index is 1.27. The number of ether oxygens (including phenoxy) is 1. The molecule has 0 saturated carbocycles. The Labute approximate surface area is 166 Å². The van der Waals surface area contributed by atoms with Crippen LogP contribution in [0.15, 0.2) is 67.1 Å². The van der Waals surface area contributed by atoms with Crippen LogP contribution in [0.1, 0.15) is 5.56 Å². The number of hydrogen-bond donors (Lipinski definition) is 3. The Kier molecular flexibility index (Phi) is 4.42. The molecule has 29 heavy (non-hydrogen) atoms. The second-order valence-corrected chi connectivity index (χ2v) is 7.09. The quantitative estimate of drug-likeness (QED) is 0.416. The van der Waals surface area contributed by atoms with Gasteiger partial charge in [-0.05, 0) is 41.8 Å². The van der Waals surface area contributed by atoms with E-state index in [-0.39, 0.29) is 6.04 Å². The maximum Gasteiger partial charge on any atom is 0.138 e. The molecule has 0 radical (unpaired) electrons. The zero-order chi connectivity index (χ0) is 19.6. The average Bonchev–Trinajstić information content (AvgIpc) is 3.39. The fourth-order valence-electron chi connectivity index (χ4n) is 3.52. The number of hydrogen-bond acceptors (Lipinski definition) is 5. The second kappa shape index (κ2) is 7.37. The van der Waals surface area contributed by atoms with Gasteiger partial charge in [0.1, 0.15) is 17.9 Å². The summed E-state index contributed by atoms with van der Waals surface area (Å²) in [5.74, 6) is 0.692. The maximum absolute atomic E-state index is 6.33. The number of pyridine rings is 1. The maximum atomic E-state index is 6.33. The lowest BCUT2D eigenvalue weighted by atomic mass is 10.1. The second-order valence-electron chi connectivity index (χ2n) is 7.09. The summed E-state index contributed by atoms with van der Waals surface area (Å²) in [6, 6.07) is 16.0. The van der Waals surface area contributed by atoms with Crippen LogP contribution in [0.2, 0.25) is 0 Å². The molecular weight excluding hydrogens is 364 g/mol. The predicted octanol–water partition coefficient (Wildman–Crippen LogP) is 3.45. The molecule has 4 N–H and O–H groups in total. The van der Waals surface area contributed by atoms with Crippen LogP contribution < -0.4 is 10.5 Å². The van der Waals surface area contributed by atoms with Gasteiger partial charge in [-0.2, -0.15) is 0 Å². The SMILES string of the molecule is N[C@H](COc1cncc(-c2ccc3[nH]nnc3c2)c1)Cc1c[nH]c2ccccc12. The van der Waals surface area contributed by atoms with Crippen LogP contribution in [0.5, 0.6) is 5.75 Å². The van der Waals surface area contributed by atoms with Gasteiger partial charge in [-0.15, -0.1) is 5.10 Å². The van der Waals surface area contributed by atoms with Crippen LogP contribution in [-0.2, 0) is 6.42 Å². The number of rotatable bonds is 6. The highest BCUT2D eigenvalue weighted by atomic mass is 16.5. The van der Waals surface area contributed by atoms with Crippen molar-refractivity contribution in [1.29, 1.82) is 0 Å². The van der Waals surface area contributed by atoms with Gasteiger partial charge in [0.15, 0.2) is 0 Å². The van der Waals surface area contributed by atoms with Gasteiger partial charge in [0.2, 0.25) is 0 Å². The number of aromatic amines is 2. The van der Waals surface area contributed by atoms with E-state index in [2.05, 4.69) is 37.5 Å². The van der Waals surface area contributed by atoms with Gasteiger partial charge >= 0.3 is 0 Å². The molecule has 5 rings (SSSR count). The van der Waals surface area contributed by atoms with Crippen molar-refractivity contribution < 1.29 is 4.74 Å². The molecule has 3 aromatic heterocycles. The van der Waals surface area contributed by atoms with Crippen LogP contribution in [0, 0.1) is 0 Å². The molecule has 0 aliphatic rings. The van der Waals surface area contributed by atoms with E-state index < -0.39 is 0 Å². The van der Waals surface area contributed by atoms with Crippen molar-refractivity contribution in [3.05, 3.63) is 72.7 Å². The van der Waals surface area contributed by atoms with Gasteiger partial charge in [0.25, 0.3) is 0 Å². The summed E-state index contributed by atoms with van der Waals surface area (Å²) in [5, 5.41) is 11.9. The number of nitrogens with zero attached hydrogens (tertiary/aromatic N) is 3. The summed E-state index contributed by atoms with van der Waals surface area (Å²) in [6.45, 7) is 0.410. The average molecular weight is 384 g/mol. The van der Waals surface area contributed by atoms with E-state index in [4.69, 9.17) is 10.5 Å². The summed E-state index contributed by atoms with van der Waals surface area (Å²) < 4.78 is 5.93. The number of benzene rings is 2. The first-order valence-corrected chi connectivity index (χ1v) is 9.46. The lowest BCUT2D eigenvalue weighted by Gasteiger charge is -2.13. The number of aromatic nitrogens is 5. The standard InChI is InChI=1S/C22H20N6O/c23-17(7-16-11-25-20-4-2-1-3-19(16)20)13-29-18-8-15(10-24-12-18)14-5-6-21-22(9-14)27-28-26-21/h1-6,8-12,17,25H,7,13,23H2,(H,26,27,28)/t17-/m0/s1. The minimum Gasteiger partial charge on any atom is -0.490 e. The largest absolute Gasteiger partial charge is 0.490 e. The monoisotopic (exact) mass is 384 g/mol. The zero-order valence-corrected chi connectivity index (χ0v) is 15.7. The Bertz CT molecular complexity index is 1270. The highest BCUT2D eigenvalue weighted by molar-refractivity contribution is 5.83. The Morgan fingerprint density at radius 3 is 2.90 bits per heavy atom. The Morgan fingerprint density at radius 2 is 1.93 bits per heavy atom. The van der Waals surface area contributed by atoms with Gasteiger partial charge in [-0.3, -0.25) is 10.1 Å². The predicted molar refractivity (Wildman–Crippen MR) is 113 cm³/mol. The van der Waals surface area contributed by atoms with Crippen LogP contribution in [-0.4, -0.2) is 38.0 Å². The Hall–Kier alpha value is -3.71. The number of H-pyrrole nitrogens is 2. The van der Waals surface area contributed by atoms with Crippen molar-refractivity contribution in [2.45, 2.75) is 12.5 Å². The summed E-state index contributed by atoms with van der Waals surface area (Å²) in [6.07, 6.45) is 6.27. The van der Waals surface area contributed by atoms with Crippen LogP contribution in [0.4, 0.5) is 0 Å². The lowest BCUT2D eigenvalue weighted by Crippen LogP contribution is -2.30. The van der Waals surface area contributed by atoms with Gasteiger partial charge in [0.05, 0.1) is 11.7 Å². The molecule has 7 nitrogen and oxygen atoms in total. The molecule has 1 atom stereocenters. The van der Waals surface area contributed by atoms with E-state index in [1.54, 1.807) is 12.4 Å². The fourth-order valence-corrected chi connectivity index (χ4v) is 3.52. The van der Waals surface area contributed by atoms with E-state index in [9.17, 15) is 0 Å². The first-order chi connectivity index (χ1) is 14.3. The molecule has 144 valence electrons. The van der Waals surface area contributed by atoms with Crippen molar-refractivity contribution in [2.75, 3.05) is 6.61 Å². The van der Waals surface area contributed by atoms with E-state index in [1.165, 1.54) is 10.9 Å². The van der Waals surface area contributed by atoms with E-state index in [0.29, 0.717) is 12.4 Å². The smallest absolute Gasteiger partial charge is 0.138 e. The summed E-state index contributed by atoms with van der Waals surface area (Å²) >= 11 is 0. The topological polar surface area (TPSA) is 106 Å². The number of para-hydroxylation sites is 1. The molecule has 0 aliphatic carbocycles. The van der Waals surface area contributed by atoms with Crippen molar-refractivity contribution in [2.24, 2.45) is 5.73 Å². The third-order valence-corrected chi connectivity index (χ3v) is 4.99. The molecular formula is C22H20N6O. The van der Waals surface area contributed by atoms with Crippen molar-refractivity contribution in [1.82, 2.24) is 25.4 Å². The minimum atomic E-state index is -0.121. The molecule has 0 fully saturated rings. The highest BCUT2D eigenvalue weighted by Crippen LogP contribution is 2.25. The van der Waals surface area contributed by atoms with Crippen molar-refractivity contribution in [3.63, 3.8) is 0 Å². The van der Waals surface area contributed by atoms with E-state index in [0.717, 1.165) is 34.1 Å². The fraction of sp³-hybridized carbons (Fsp3) is 0.136. The number of nitrogens with one attached hydrogen (secondary N) is 2. The van der Waals surface area contributed by atoms with Gasteiger partial charge in [-0.25, -0.2) is 0 Å². The molecule has 2 aromatic carbocycles. The highest BCUT2D eigenvalue weighted by Gasteiger charge is 2.10. The normalized spacial score (nSPS) is 12.4. The third-order valence-electron chi connectivity index (χ3n) is 4.99. The molecule has 5 aromatic rings. The third kappa shape index (κ3) is 3.55. The Morgan fingerprint density at radius 1 is 1.00 bits per heavy atom.